The summed E-state index contributed by atoms with van der Waals surface area (Å²) in [5.74, 6) is -0.268. The molecule has 1 aromatic heterocycles. The minimum Gasteiger partial charge on any atom is -0.442 e. The summed E-state index contributed by atoms with van der Waals surface area (Å²) in [6, 6.07) is 8.01. The first-order valence-corrected chi connectivity index (χ1v) is 8.74. The third-order valence-corrected chi connectivity index (χ3v) is 5.06. The van der Waals surface area contributed by atoms with Crippen molar-refractivity contribution in [2.75, 3.05) is 18.0 Å². The van der Waals surface area contributed by atoms with Crippen LogP contribution in [0.1, 0.15) is 9.67 Å². The summed E-state index contributed by atoms with van der Waals surface area (Å²) in [6.07, 6.45) is -1.00. The van der Waals surface area contributed by atoms with Crippen LogP contribution in [0.3, 0.4) is 0 Å². The number of anilines is 1. The number of benzene rings is 1. The van der Waals surface area contributed by atoms with Crippen LogP contribution in [-0.2, 0) is 4.74 Å². The minimum atomic E-state index is -0.523. The second kappa shape index (κ2) is 7.31. The molecule has 1 aliphatic rings. The van der Waals surface area contributed by atoms with Crippen molar-refractivity contribution in [2.45, 2.75) is 6.10 Å². The van der Waals surface area contributed by atoms with Gasteiger partial charge in [-0.15, -0.1) is 11.3 Å². The van der Waals surface area contributed by atoms with Gasteiger partial charge in [0.1, 0.15) is 6.10 Å². The lowest BCUT2D eigenvalue weighted by atomic mass is 10.2. The second-order valence-corrected chi connectivity index (χ2v) is 7.30. The van der Waals surface area contributed by atoms with Crippen LogP contribution in [0.25, 0.3) is 4.85 Å². The average Bonchev–Trinajstić information content (AvgIpc) is 3.18. The standard InChI is InChI=1S/C16H11Cl2N3O3S/c1-19-12-3-2-9(6-11(12)17)21-8-10(24-16(21)23)7-20-15(22)13-4-5-14(18)25-13/h2-6,10H,7-8H2,(H,20,22)/t10-/m0/s1. The maximum atomic E-state index is 12.0. The number of rotatable bonds is 4. The topological polar surface area (TPSA) is 63.0 Å². The fourth-order valence-electron chi connectivity index (χ4n) is 2.32. The first-order valence-electron chi connectivity index (χ1n) is 7.16. The number of carbonyl (C=O) groups is 2. The molecule has 0 radical (unpaired) electrons. The van der Waals surface area contributed by atoms with Crippen LogP contribution in [-0.4, -0.2) is 31.2 Å². The number of hydrogen-bond donors (Lipinski definition) is 1. The molecule has 0 spiro atoms. The highest BCUT2D eigenvalue weighted by Gasteiger charge is 2.32. The Morgan fingerprint density at radius 2 is 2.20 bits per heavy atom. The molecule has 1 atom stereocenters. The lowest BCUT2D eigenvalue weighted by Gasteiger charge is -2.13. The van der Waals surface area contributed by atoms with Crippen LogP contribution in [0.15, 0.2) is 30.3 Å². The molecule has 1 aliphatic heterocycles. The van der Waals surface area contributed by atoms with E-state index in [1.807, 2.05) is 0 Å². The number of nitrogens with one attached hydrogen (secondary N) is 1. The Morgan fingerprint density at radius 3 is 2.84 bits per heavy atom. The van der Waals surface area contributed by atoms with Gasteiger partial charge in [-0.2, -0.15) is 0 Å². The molecule has 1 saturated heterocycles. The van der Waals surface area contributed by atoms with Gasteiger partial charge >= 0.3 is 6.09 Å². The molecule has 9 heteroatoms. The van der Waals surface area contributed by atoms with Crippen molar-refractivity contribution >= 4 is 57.9 Å². The Bertz CT molecular complexity index is 878. The highest BCUT2D eigenvalue weighted by molar-refractivity contribution is 7.17. The lowest BCUT2D eigenvalue weighted by Crippen LogP contribution is -2.34. The third-order valence-electron chi connectivity index (χ3n) is 3.52. The summed E-state index contributed by atoms with van der Waals surface area (Å²) >= 11 is 13.0. The van der Waals surface area contributed by atoms with Crippen molar-refractivity contribution in [1.82, 2.24) is 5.32 Å². The molecule has 25 heavy (non-hydrogen) atoms. The highest BCUT2D eigenvalue weighted by Crippen LogP contribution is 2.31. The van der Waals surface area contributed by atoms with E-state index in [4.69, 9.17) is 34.5 Å². The van der Waals surface area contributed by atoms with E-state index in [2.05, 4.69) is 10.2 Å². The number of hydrogen-bond acceptors (Lipinski definition) is 4. The normalized spacial score (nSPS) is 16.4. The fourth-order valence-corrected chi connectivity index (χ4v) is 3.50. The summed E-state index contributed by atoms with van der Waals surface area (Å²) in [6.45, 7) is 7.45. The van der Waals surface area contributed by atoms with E-state index in [0.29, 0.717) is 20.6 Å². The summed E-state index contributed by atoms with van der Waals surface area (Å²) in [7, 11) is 0. The first kappa shape index (κ1) is 17.5. The third kappa shape index (κ3) is 3.87. The number of cyclic esters (lactones) is 1. The van der Waals surface area contributed by atoms with Crippen LogP contribution in [0, 0.1) is 6.57 Å². The van der Waals surface area contributed by atoms with Crippen molar-refractivity contribution < 1.29 is 14.3 Å². The van der Waals surface area contributed by atoms with Gasteiger partial charge in [0.05, 0.1) is 28.9 Å². The molecule has 1 fully saturated rings. The molecule has 0 bridgehead atoms. The van der Waals surface area contributed by atoms with E-state index >= 15 is 0 Å². The number of amides is 2. The van der Waals surface area contributed by atoms with Gasteiger partial charge in [0.15, 0.2) is 0 Å². The smallest absolute Gasteiger partial charge is 0.414 e. The maximum Gasteiger partial charge on any atom is 0.414 e. The quantitative estimate of drug-likeness (QED) is 0.782. The van der Waals surface area contributed by atoms with Gasteiger partial charge in [0.25, 0.3) is 5.91 Å². The maximum absolute atomic E-state index is 12.0. The van der Waals surface area contributed by atoms with Crippen LogP contribution in [0.2, 0.25) is 9.36 Å². The Balaban J connectivity index is 1.62. The Hall–Kier alpha value is -2.27. The van der Waals surface area contributed by atoms with Gasteiger partial charge in [-0.1, -0.05) is 29.3 Å². The predicted octanol–water partition coefficient (Wildman–Crippen LogP) is 4.36. The van der Waals surface area contributed by atoms with E-state index in [-0.39, 0.29) is 24.0 Å². The van der Waals surface area contributed by atoms with E-state index < -0.39 is 12.2 Å². The monoisotopic (exact) mass is 395 g/mol. The summed E-state index contributed by atoms with van der Waals surface area (Å²) in [4.78, 5) is 29.2. The van der Waals surface area contributed by atoms with Gasteiger partial charge in [0.2, 0.25) is 5.69 Å². The molecule has 2 amide bonds. The number of halogens is 2. The van der Waals surface area contributed by atoms with Crippen LogP contribution >= 0.6 is 34.5 Å². The first-order chi connectivity index (χ1) is 12.0. The zero-order chi connectivity index (χ0) is 18.0. The van der Waals surface area contributed by atoms with E-state index in [9.17, 15) is 9.59 Å². The van der Waals surface area contributed by atoms with Crippen LogP contribution in [0.4, 0.5) is 16.2 Å². The zero-order valence-corrected chi connectivity index (χ0v) is 15.0. The fraction of sp³-hybridized carbons (Fsp3) is 0.188. The van der Waals surface area contributed by atoms with Crippen LogP contribution < -0.4 is 10.2 Å². The molecule has 0 saturated carbocycles. The number of carbonyl (C=O) groups excluding carboxylic acids is 2. The molecule has 3 rings (SSSR count). The molecule has 1 N–H and O–H groups in total. The molecule has 0 unspecified atom stereocenters. The molecule has 128 valence electrons. The molecular weight excluding hydrogens is 385 g/mol. The minimum absolute atomic E-state index is 0.185. The second-order valence-electron chi connectivity index (χ2n) is 5.18. The summed E-state index contributed by atoms with van der Waals surface area (Å²) in [5.41, 5.74) is 0.859. The predicted molar refractivity (Wildman–Crippen MR) is 97.0 cm³/mol. The van der Waals surface area contributed by atoms with Crippen LogP contribution in [0.5, 0.6) is 0 Å². The van der Waals surface area contributed by atoms with Crippen molar-refractivity contribution in [2.24, 2.45) is 0 Å². The summed E-state index contributed by atoms with van der Waals surface area (Å²) in [5, 5.41) is 2.99. The number of ether oxygens (including phenoxy) is 1. The largest absolute Gasteiger partial charge is 0.442 e. The lowest BCUT2D eigenvalue weighted by molar-refractivity contribution is 0.0920. The van der Waals surface area contributed by atoms with Crippen molar-refractivity contribution in [3.63, 3.8) is 0 Å². The van der Waals surface area contributed by atoms with Gasteiger partial charge in [-0.05, 0) is 24.3 Å². The van der Waals surface area contributed by atoms with Crippen molar-refractivity contribution in [3.8, 4) is 0 Å². The summed E-state index contributed by atoms with van der Waals surface area (Å²) < 4.78 is 5.79. The molecule has 2 aromatic rings. The van der Waals surface area contributed by atoms with Crippen molar-refractivity contribution in [1.29, 1.82) is 0 Å². The molecule has 2 heterocycles. The van der Waals surface area contributed by atoms with E-state index in [1.165, 1.54) is 16.2 Å². The van der Waals surface area contributed by atoms with Gasteiger partial charge in [0, 0.05) is 10.7 Å². The van der Waals surface area contributed by atoms with Gasteiger partial charge in [-0.25, -0.2) is 9.64 Å². The van der Waals surface area contributed by atoms with E-state index in [0.717, 1.165) is 0 Å². The Morgan fingerprint density at radius 1 is 1.40 bits per heavy atom. The average molecular weight is 396 g/mol. The highest BCUT2D eigenvalue weighted by atomic mass is 35.5. The zero-order valence-electron chi connectivity index (χ0n) is 12.7. The van der Waals surface area contributed by atoms with Gasteiger partial charge in [-0.3, -0.25) is 9.69 Å². The molecule has 0 aliphatic carbocycles. The van der Waals surface area contributed by atoms with E-state index in [1.54, 1.807) is 30.3 Å². The number of thiophene rings is 1. The Kier molecular flexibility index (Phi) is 5.13. The SMILES string of the molecule is [C-]#[N+]c1ccc(N2C[C@H](CNC(=O)c3ccc(Cl)s3)OC2=O)cc1Cl. The molecule has 1 aromatic carbocycles. The van der Waals surface area contributed by atoms with Gasteiger partial charge < -0.3 is 10.1 Å². The number of nitrogens with zero attached hydrogens (tertiary/aromatic N) is 2. The Labute approximate surface area is 157 Å². The van der Waals surface area contributed by atoms with Crippen molar-refractivity contribution in [3.05, 3.63) is 56.0 Å². The molecular formula is C16H11Cl2N3O3S. The molecule has 6 nitrogen and oxygen atoms in total.